The fourth-order valence-corrected chi connectivity index (χ4v) is 4.19. The summed E-state index contributed by atoms with van der Waals surface area (Å²) < 4.78 is 2.23. The molecule has 0 fully saturated rings. The number of likely N-dealkylation sites (N-methyl/N-ethyl adjacent to an activating group) is 1. The highest BCUT2D eigenvalue weighted by atomic mass is 79.9. The molecule has 1 heterocycles. The molecule has 0 radical (unpaired) electrons. The molecule has 5 heteroatoms. The third-order valence-corrected chi connectivity index (χ3v) is 6.29. The van der Waals surface area contributed by atoms with Crippen LogP contribution in [-0.4, -0.2) is 7.05 Å². The van der Waals surface area contributed by atoms with Gasteiger partial charge >= 0.3 is 0 Å². The van der Waals surface area contributed by atoms with E-state index in [0.717, 1.165) is 19.7 Å². The molecule has 0 bridgehead atoms. The number of hydrogen-bond acceptors (Lipinski definition) is 2. The zero-order valence-electron chi connectivity index (χ0n) is 9.71. The Morgan fingerprint density at radius 1 is 1.33 bits per heavy atom. The van der Waals surface area contributed by atoms with E-state index >= 15 is 0 Å². The first-order valence-corrected chi connectivity index (χ1v) is 8.24. The van der Waals surface area contributed by atoms with E-state index in [-0.39, 0.29) is 0 Å². The van der Waals surface area contributed by atoms with Crippen molar-refractivity contribution >= 4 is 54.8 Å². The van der Waals surface area contributed by atoms with E-state index < -0.39 is 0 Å². The molecule has 2 rings (SSSR count). The van der Waals surface area contributed by atoms with Crippen LogP contribution in [0, 0.1) is 0 Å². The Bertz CT molecular complexity index is 522. The maximum atomic E-state index is 6.01. The summed E-state index contributed by atoms with van der Waals surface area (Å²) in [5, 5.41) is 4.14. The van der Waals surface area contributed by atoms with Gasteiger partial charge in [0.25, 0.3) is 0 Å². The Balaban J connectivity index is 2.19. The molecule has 0 aliphatic carbocycles. The Kier molecular flexibility index (Phi) is 5.27. The van der Waals surface area contributed by atoms with Crippen molar-refractivity contribution in [2.75, 3.05) is 7.05 Å². The summed E-state index contributed by atoms with van der Waals surface area (Å²) in [5.74, 6) is 0. The fourth-order valence-electron chi connectivity index (χ4n) is 1.78. The molecule has 1 aromatic heterocycles. The van der Waals surface area contributed by atoms with E-state index in [1.807, 2.05) is 25.2 Å². The molecule has 1 nitrogen and oxygen atoms in total. The molecule has 1 aromatic carbocycles. The van der Waals surface area contributed by atoms with Crippen molar-refractivity contribution < 1.29 is 0 Å². The lowest BCUT2D eigenvalue weighted by Crippen LogP contribution is -2.17. The molecular formula is C13H12Br2ClNS. The maximum Gasteiger partial charge on any atom is 0.0843 e. The monoisotopic (exact) mass is 407 g/mol. The minimum Gasteiger partial charge on any atom is -0.312 e. The van der Waals surface area contributed by atoms with Crippen LogP contribution in [0.5, 0.6) is 0 Å². The van der Waals surface area contributed by atoms with Crippen LogP contribution in [0.15, 0.2) is 38.6 Å². The van der Waals surface area contributed by atoms with Gasteiger partial charge in [-0.05, 0) is 69.1 Å². The number of thiophene rings is 1. The summed E-state index contributed by atoms with van der Waals surface area (Å²) in [5.41, 5.74) is 1.24. The highest BCUT2D eigenvalue weighted by Crippen LogP contribution is 2.36. The molecule has 0 saturated carbocycles. The maximum absolute atomic E-state index is 6.01. The van der Waals surface area contributed by atoms with Crippen molar-refractivity contribution in [2.45, 2.75) is 12.5 Å². The number of nitrogens with one attached hydrogen (secondary N) is 1. The molecule has 96 valence electrons. The molecule has 1 unspecified atom stereocenters. The molecule has 2 aromatic rings. The average molecular weight is 410 g/mol. The summed E-state index contributed by atoms with van der Waals surface area (Å²) in [6, 6.07) is 10.5. The third-order valence-electron chi connectivity index (χ3n) is 2.68. The SMILES string of the molecule is CNC(Cc1cccc(Cl)c1)c1cc(Br)c(Br)s1. The van der Waals surface area contributed by atoms with Gasteiger partial charge in [-0.25, -0.2) is 0 Å². The van der Waals surface area contributed by atoms with Gasteiger partial charge in [-0.2, -0.15) is 0 Å². The molecule has 0 saturated heterocycles. The Hall–Kier alpha value is 0.130. The van der Waals surface area contributed by atoms with Crippen LogP contribution in [0.3, 0.4) is 0 Å². The van der Waals surface area contributed by atoms with Gasteiger partial charge in [0, 0.05) is 20.4 Å². The van der Waals surface area contributed by atoms with Crippen molar-refractivity contribution in [2.24, 2.45) is 0 Å². The van der Waals surface area contributed by atoms with E-state index in [1.54, 1.807) is 11.3 Å². The smallest absolute Gasteiger partial charge is 0.0843 e. The van der Waals surface area contributed by atoms with E-state index in [4.69, 9.17) is 11.6 Å². The van der Waals surface area contributed by atoms with Crippen molar-refractivity contribution in [1.29, 1.82) is 0 Å². The molecular weight excluding hydrogens is 397 g/mol. The number of hydrogen-bond donors (Lipinski definition) is 1. The first kappa shape index (κ1) is 14.5. The van der Waals surface area contributed by atoms with E-state index in [1.165, 1.54) is 10.4 Å². The zero-order valence-corrected chi connectivity index (χ0v) is 14.5. The van der Waals surface area contributed by atoms with Crippen LogP contribution in [0.25, 0.3) is 0 Å². The Labute approximate surface area is 133 Å². The number of rotatable bonds is 4. The second-order valence-corrected chi connectivity index (χ2v) is 7.64. The largest absolute Gasteiger partial charge is 0.312 e. The summed E-state index contributed by atoms with van der Waals surface area (Å²) in [6.45, 7) is 0. The minimum absolute atomic E-state index is 0.302. The van der Waals surface area contributed by atoms with Crippen molar-refractivity contribution in [3.05, 3.63) is 54.1 Å². The number of halogens is 3. The lowest BCUT2D eigenvalue weighted by Gasteiger charge is -2.14. The van der Waals surface area contributed by atoms with Crippen molar-refractivity contribution in [3.8, 4) is 0 Å². The molecule has 1 N–H and O–H groups in total. The van der Waals surface area contributed by atoms with Crippen LogP contribution in [-0.2, 0) is 6.42 Å². The van der Waals surface area contributed by atoms with Crippen LogP contribution in [0.4, 0.5) is 0 Å². The van der Waals surface area contributed by atoms with E-state index in [2.05, 4.69) is 49.3 Å². The predicted molar refractivity (Wildman–Crippen MR) is 86.7 cm³/mol. The summed E-state index contributed by atoms with van der Waals surface area (Å²) >= 11 is 14.8. The summed E-state index contributed by atoms with van der Waals surface area (Å²) in [4.78, 5) is 1.30. The summed E-state index contributed by atoms with van der Waals surface area (Å²) in [6.07, 6.45) is 0.927. The van der Waals surface area contributed by atoms with Gasteiger partial charge in [-0.15, -0.1) is 11.3 Å². The normalized spacial score (nSPS) is 12.7. The molecule has 0 aliphatic heterocycles. The second-order valence-electron chi connectivity index (χ2n) is 3.95. The molecule has 0 aliphatic rings. The van der Waals surface area contributed by atoms with Crippen molar-refractivity contribution in [3.63, 3.8) is 0 Å². The van der Waals surface area contributed by atoms with E-state index in [0.29, 0.717) is 6.04 Å². The van der Waals surface area contributed by atoms with Gasteiger partial charge in [0.1, 0.15) is 0 Å². The summed E-state index contributed by atoms with van der Waals surface area (Å²) in [7, 11) is 1.98. The Morgan fingerprint density at radius 2 is 2.11 bits per heavy atom. The third kappa shape index (κ3) is 3.58. The standard InChI is InChI=1S/C13H12Br2ClNS/c1-17-11(12-7-10(14)13(15)18-12)6-8-3-2-4-9(16)5-8/h2-5,7,11,17H,6H2,1H3. The molecule has 18 heavy (non-hydrogen) atoms. The highest BCUT2D eigenvalue weighted by molar-refractivity contribution is 9.13. The van der Waals surface area contributed by atoms with Crippen LogP contribution < -0.4 is 5.32 Å². The van der Waals surface area contributed by atoms with E-state index in [9.17, 15) is 0 Å². The lowest BCUT2D eigenvalue weighted by atomic mass is 10.1. The highest BCUT2D eigenvalue weighted by Gasteiger charge is 2.14. The van der Waals surface area contributed by atoms with Crippen LogP contribution >= 0.6 is 54.8 Å². The minimum atomic E-state index is 0.302. The topological polar surface area (TPSA) is 12.0 Å². The molecule has 1 atom stereocenters. The van der Waals surface area contributed by atoms with Gasteiger partial charge in [-0.3, -0.25) is 0 Å². The Morgan fingerprint density at radius 3 is 2.67 bits per heavy atom. The first-order chi connectivity index (χ1) is 8.60. The van der Waals surface area contributed by atoms with Gasteiger partial charge in [0.05, 0.1) is 3.79 Å². The lowest BCUT2D eigenvalue weighted by molar-refractivity contribution is 0.602. The number of benzene rings is 1. The van der Waals surface area contributed by atoms with Crippen LogP contribution in [0.1, 0.15) is 16.5 Å². The van der Waals surface area contributed by atoms with Gasteiger partial charge in [-0.1, -0.05) is 23.7 Å². The van der Waals surface area contributed by atoms with Crippen molar-refractivity contribution in [1.82, 2.24) is 5.32 Å². The predicted octanol–water partition coefficient (Wildman–Crippen LogP) is 5.43. The van der Waals surface area contributed by atoms with Gasteiger partial charge < -0.3 is 5.32 Å². The second kappa shape index (κ2) is 6.53. The zero-order chi connectivity index (χ0) is 13.1. The molecule has 0 spiro atoms. The average Bonchev–Trinajstić information content (AvgIpc) is 2.66. The quantitative estimate of drug-likeness (QED) is 0.710. The first-order valence-electron chi connectivity index (χ1n) is 5.46. The van der Waals surface area contributed by atoms with Gasteiger partial charge in [0.15, 0.2) is 0 Å². The fraction of sp³-hybridized carbons (Fsp3) is 0.231. The van der Waals surface area contributed by atoms with Crippen LogP contribution in [0.2, 0.25) is 5.02 Å². The van der Waals surface area contributed by atoms with Gasteiger partial charge in [0.2, 0.25) is 0 Å². The molecule has 0 amide bonds.